The molecule has 0 aliphatic carbocycles. The highest BCUT2D eigenvalue weighted by molar-refractivity contribution is 7.18. The minimum Gasteiger partial charge on any atom is -0.623 e. The lowest BCUT2D eigenvalue weighted by molar-refractivity contribution is -0.508. The Morgan fingerprint density at radius 1 is 2.00 bits per heavy atom. The molecule has 0 amide bonds. The van der Waals surface area contributed by atoms with Crippen molar-refractivity contribution in [3.05, 3.63) is 5.21 Å². The molecule has 0 aromatic heterocycles. The fraction of sp³-hybridized carbons (Fsp3) is 0.833. The molecular formula is C6H12NO2P. The highest BCUT2D eigenvalue weighted by Gasteiger charge is 2.41. The molecule has 0 spiro atoms. The first-order valence-electron chi connectivity index (χ1n) is 3.28. The molecule has 1 aliphatic rings. The van der Waals surface area contributed by atoms with E-state index in [-0.39, 0.29) is 12.5 Å². The van der Waals surface area contributed by atoms with Gasteiger partial charge < -0.3 is 10.3 Å². The van der Waals surface area contributed by atoms with Crippen LogP contribution < -0.4 is 0 Å². The number of hydrogen-bond donors (Lipinski definition) is 1. The van der Waals surface area contributed by atoms with Crippen molar-refractivity contribution >= 4 is 15.5 Å². The van der Waals surface area contributed by atoms with Gasteiger partial charge in [-0.2, -0.15) is 0 Å². The van der Waals surface area contributed by atoms with Crippen LogP contribution in [0.4, 0.5) is 0 Å². The number of hydroxylamine groups is 1. The van der Waals surface area contributed by atoms with Crippen LogP contribution in [0, 0.1) is 11.1 Å². The molecule has 1 N–H and O–H groups in total. The molecule has 1 aliphatic heterocycles. The maximum absolute atomic E-state index is 11.0. The minimum atomic E-state index is -0.491. The first kappa shape index (κ1) is 7.96. The van der Waals surface area contributed by atoms with E-state index in [1.54, 1.807) is 6.21 Å². The standard InChI is InChI=1S/C6H12NO2P/c1-6(10)5(4-8)2-3-7(6)9/h3,5,8H,2,4,10H2,1H3/t5-,6+/m0/s1. The number of hydrogen-bond acceptors (Lipinski definition) is 2. The first-order valence-corrected chi connectivity index (χ1v) is 3.86. The largest absolute Gasteiger partial charge is 0.623 e. The third-order valence-electron chi connectivity index (χ3n) is 2.08. The zero-order valence-electron chi connectivity index (χ0n) is 5.95. The van der Waals surface area contributed by atoms with Gasteiger partial charge in [-0.05, 0) is 0 Å². The summed E-state index contributed by atoms with van der Waals surface area (Å²) in [5.74, 6) is 0.0648. The van der Waals surface area contributed by atoms with E-state index in [4.69, 9.17) is 5.11 Å². The Bertz CT molecular complexity index is 167. The van der Waals surface area contributed by atoms with Crippen LogP contribution >= 0.6 is 9.24 Å². The number of rotatable bonds is 1. The molecule has 0 aromatic carbocycles. The predicted molar refractivity (Wildman–Crippen MR) is 43.0 cm³/mol. The molecule has 0 saturated heterocycles. The number of aliphatic hydroxyl groups excluding tert-OH is 1. The van der Waals surface area contributed by atoms with E-state index >= 15 is 0 Å². The van der Waals surface area contributed by atoms with E-state index in [2.05, 4.69) is 9.24 Å². The fourth-order valence-corrected chi connectivity index (χ4v) is 1.44. The van der Waals surface area contributed by atoms with E-state index < -0.39 is 5.28 Å². The van der Waals surface area contributed by atoms with Crippen LogP contribution in [0.15, 0.2) is 0 Å². The van der Waals surface area contributed by atoms with Crippen molar-refractivity contribution in [3.8, 4) is 0 Å². The second kappa shape index (κ2) is 2.48. The highest BCUT2D eigenvalue weighted by atomic mass is 31.0. The van der Waals surface area contributed by atoms with Crippen molar-refractivity contribution < 1.29 is 9.85 Å². The van der Waals surface area contributed by atoms with Crippen molar-refractivity contribution in [2.75, 3.05) is 6.61 Å². The quantitative estimate of drug-likeness (QED) is 0.338. The van der Waals surface area contributed by atoms with E-state index in [0.717, 1.165) is 4.74 Å². The van der Waals surface area contributed by atoms with Crippen molar-refractivity contribution in [1.29, 1.82) is 0 Å². The van der Waals surface area contributed by atoms with Crippen LogP contribution in [0.1, 0.15) is 13.3 Å². The molecular weight excluding hydrogens is 149 g/mol. The van der Waals surface area contributed by atoms with Crippen LogP contribution in [0.25, 0.3) is 0 Å². The van der Waals surface area contributed by atoms with Crippen LogP contribution in [0.3, 0.4) is 0 Å². The van der Waals surface area contributed by atoms with Gasteiger partial charge in [-0.15, -0.1) is 0 Å². The molecule has 0 radical (unpaired) electrons. The highest BCUT2D eigenvalue weighted by Crippen LogP contribution is 2.33. The number of nitrogens with zero attached hydrogens (tertiary/aromatic N) is 1. The zero-order valence-corrected chi connectivity index (χ0v) is 7.10. The summed E-state index contributed by atoms with van der Waals surface area (Å²) >= 11 is 0. The second-order valence-corrected chi connectivity index (χ2v) is 4.02. The van der Waals surface area contributed by atoms with Crippen LogP contribution in [0.5, 0.6) is 0 Å². The zero-order chi connectivity index (χ0) is 7.78. The van der Waals surface area contributed by atoms with Gasteiger partial charge in [0.15, 0.2) is 11.5 Å². The van der Waals surface area contributed by atoms with Crippen molar-refractivity contribution in [1.82, 2.24) is 0 Å². The van der Waals surface area contributed by atoms with Gasteiger partial charge >= 0.3 is 0 Å². The summed E-state index contributed by atoms with van der Waals surface area (Å²) in [5, 5.41) is 19.3. The molecule has 0 fully saturated rings. The van der Waals surface area contributed by atoms with Crippen molar-refractivity contribution in [3.63, 3.8) is 0 Å². The lowest BCUT2D eigenvalue weighted by Gasteiger charge is -2.23. The van der Waals surface area contributed by atoms with Gasteiger partial charge in [0.1, 0.15) is 0 Å². The number of aliphatic hydroxyl groups is 1. The summed E-state index contributed by atoms with van der Waals surface area (Å²) < 4.78 is 0.901. The van der Waals surface area contributed by atoms with E-state index in [9.17, 15) is 5.21 Å². The maximum atomic E-state index is 11.0. The average Bonchev–Trinajstić information content (AvgIpc) is 2.10. The predicted octanol–water partition coefficient (Wildman–Crippen LogP) is 0.171. The molecule has 1 rings (SSSR count). The van der Waals surface area contributed by atoms with E-state index in [1.807, 2.05) is 6.92 Å². The third kappa shape index (κ3) is 1.04. The molecule has 4 heteroatoms. The Labute approximate surface area is 62.5 Å². The summed E-state index contributed by atoms with van der Waals surface area (Å²) in [6.45, 7) is 1.89. The van der Waals surface area contributed by atoms with Gasteiger partial charge in [0, 0.05) is 13.3 Å². The van der Waals surface area contributed by atoms with Crippen LogP contribution in [-0.4, -0.2) is 27.9 Å². The van der Waals surface area contributed by atoms with Gasteiger partial charge in [-0.1, -0.05) is 9.24 Å². The van der Waals surface area contributed by atoms with Gasteiger partial charge in [-0.3, -0.25) is 0 Å². The average molecular weight is 161 g/mol. The smallest absolute Gasteiger partial charge is 0.186 e. The second-order valence-electron chi connectivity index (χ2n) is 2.85. The Hall–Kier alpha value is -0.140. The monoisotopic (exact) mass is 161 g/mol. The van der Waals surface area contributed by atoms with Gasteiger partial charge in [0.2, 0.25) is 0 Å². The molecule has 0 aromatic rings. The summed E-state index contributed by atoms with van der Waals surface area (Å²) in [4.78, 5) is 0. The molecule has 3 atom stereocenters. The molecule has 1 heterocycles. The normalized spacial score (nSPS) is 39.9. The third-order valence-corrected chi connectivity index (χ3v) is 2.80. The van der Waals surface area contributed by atoms with Crippen molar-refractivity contribution in [2.45, 2.75) is 18.6 Å². The SMILES string of the molecule is C[C@@]1(P)[C@H](CO)CC=[N+]1[O-]. The van der Waals surface area contributed by atoms with E-state index in [1.165, 1.54) is 0 Å². The van der Waals surface area contributed by atoms with Crippen molar-refractivity contribution in [2.24, 2.45) is 5.92 Å². The van der Waals surface area contributed by atoms with Crippen LogP contribution in [0.2, 0.25) is 0 Å². The van der Waals surface area contributed by atoms with E-state index in [0.29, 0.717) is 6.42 Å². The summed E-state index contributed by atoms with van der Waals surface area (Å²) in [6.07, 6.45) is 2.26. The first-order chi connectivity index (χ1) is 4.59. The molecule has 3 nitrogen and oxygen atoms in total. The minimum absolute atomic E-state index is 0.0648. The Morgan fingerprint density at radius 2 is 2.60 bits per heavy atom. The van der Waals surface area contributed by atoms with Gasteiger partial charge in [-0.25, -0.2) is 4.74 Å². The summed E-state index contributed by atoms with van der Waals surface area (Å²) in [7, 11) is 2.48. The van der Waals surface area contributed by atoms with Gasteiger partial charge in [0.25, 0.3) is 0 Å². The Kier molecular flexibility index (Phi) is 1.97. The summed E-state index contributed by atoms with van der Waals surface area (Å²) in [6, 6.07) is 0. The lowest BCUT2D eigenvalue weighted by Crippen LogP contribution is -2.33. The Balaban J connectivity index is 2.74. The lowest BCUT2D eigenvalue weighted by atomic mass is 10.0. The molecule has 0 saturated carbocycles. The van der Waals surface area contributed by atoms with Crippen LogP contribution in [-0.2, 0) is 0 Å². The molecule has 10 heavy (non-hydrogen) atoms. The molecule has 0 bridgehead atoms. The topological polar surface area (TPSA) is 46.3 Å². The Morgan fingerprint density at radius 3 is 2.80 bits per heavy atom. The van der Waals surface area contributed by atoms with Gasteiger partial charge in [0.05, 0.1) is 12.5 Å². The molecule has 58 valence electrons. The maximum Gasteiger partial charge on any atom is 0.186 e. The summed E-state index contributed by atoms with van der Waals surface area (Å²) in [5.41, 5.74) is 0. The fourth-order valence-electron chi connectivity index (χ4n) is 1.10. The molecule has 1 unspecified atom stereocenters.